The van der Waals surface area contributed by atoms with Crippen molar-refractivity contribution in [2.45, 2.75) is 32.1 Å². The molecule has 0 aliphatic carbocycles. The average Bonchev–Trinajstić information content (AvgIpc) is 2.94. The minimum absolute atomic E-state index is 0.307. The van der Waals surface area contributed by atoms with Gasteiger partial charge in [-0.05, 0) is 57.8 Å². The Morgan fingerprint density at radius 2 is 1.88 bits per heavy atom. The van der Waals surface area contributed by atoms with Crippen molar-refractivity contribution in [3.05, 3.63) is 0 Å². The van der Waals surface area contributed by atoms with Gasteiger partial charge < -0.3 is 15.5 Å². The molecule has 98 valence electrons. The number of carbonyl (C=O) groups excluding carboxylic acids is 1. The van der Waals surface area contributed by atoms with Crippen molar-refractivity contribution in [1.29, 1.82) is 0 Å². The van der Waals surface area contributed by atoms with E-state index in [-0.39, 0.29) is 0 Å². The predicted octanol–water partition coefficient (Wildman–Crippen LogP) is 0.670. The maximum Gasteiger partial charge on any atom is 0.222 e. The molecule has 1 atom stereocenters. The summed E-state index contributed by atoms with van der Waals surface area (Å²) in [5, 5.41) is 0. The van der Waals surface area contributed by atoms with Crippen LogP contribution in [0.1, 0.15) is 32.1 Å². The van der Waals surface area contributed by atoms with Gasteiger partial charge in [0, 0.05) is 19.5 Å². The van der Waals surface area contributed by atoms with Crippen molar-refractivity contribution in [1.82, 2.24) is 9.80 Å². The molecule has 2 N–H and O–H groups in total. The summed E-state index contributed by atoms with van der Waals surface area (Å²) in [6.07, 6.45) is 5.75. The van der Waals surface area contributed by atoms with Gasteiger partial charge in [-0.1, -0.05) is 0 Å². The maximum atomic E-state index is 11.7. The fraction of sp³-hybridized carbons (Fsp3) is 0.923. The Hall–Kier alpha value is -0.610. The van der Waals surface area contributed by atoms with Crippen LogP contribution in [-0.2, 0) is 4.79 Å². The van der Waals surface area contributed by atoms with Crippen LogP contribution >= 0.6 is 0 Å². The third kappa shape index (κ3) is 3.68. The number of hydrogen-bond acceptors (Lipinski definition) is 3. The summed E-state index contributed by atoms with van der Waals surface area (Å²) in [5.41, 5.74) is 5.61. The Morgan fingerprint density at radius 3 is 2.53 bits per heavy atom. The van der Waals surface area contributed by atoms with E-state index < -0.39 is 0 Å². The molecular formula is C13H25N3O. The van der Waals surface area contributed by atoms with E-state index in [0.717, 1.165) is 19.5 Å². The molecule has 0 radical (unpaired) electrons. The molecule has 2 saturated heterocycles. The van der Waals surface area contributed by atoms with E-state index in [2.05, 4.69) is 4.90 Å². The first-order chi connectivity index (χ1) is 8.29. The van der Waals surface area contributed by atoms with Gasteiger partial charge in [0.2, 0.25) is 5.91 Å². The molecule has 0 bridgehead atoms. The zero-order valence-electron chi connectivity index (χ0n) is 10.7. The Kier molecular flexibility index (Phi) is 4.80. The second-order valence-electron chi connectivity index (χ2n) is 5.40. The van der Waals surface area contributed by atoms with E-state index in [1.807, 2.05) is 4.90 Å². The predicted molar refractivity (Wildman–Crippen MR) is 68.6 cm³/mol. The second-order valence-corrected chi connectivity index (χ2v) is 5.40. The zero-order chi connectivity index (χ0) is 12.1. The molecule has 0 aromatic heterocycles. The van der Waals surface area contributed by atoms with Crippen molar-refractivity contribution < 1.29 is 4.79 Å². The molecule has 0 aromatic rings. The van der Waals surface area contributed by atoms with Gasteiger partial charge in [-0.2, -0.15) is 0 Å². The van der Waals surface area contributed by atoms with Gasteiger partial charge in [-0.15, -0.1) is 0 Å². The minimum atomic E-state index is 0.307. The third-order valence-corrected chi connectivity index (χ3v) is 3.98. The number of nitrogens with two attached hydrogens (primary N) is 1. The van der Waals surface area contributed by atoms with E-state index in [0.29, 0.717) is 24.8 Å². The van der Waals surface area contributed by atoms with Crippen LogP contribution in [0.2, 0.25) is 0 Å². The molecule has 1 amide bonds. The fourth-order valence-corrected chi connectivity index (χ4v) is 2.87. The Balaban J connectivity index is 1.57. The third-order valence-electron chi connectivity index (χ3n) is 3.98. The van der Waals surface area contributed by atoms with Gasteiger partial charge in [0.15, 0.2) is 0 Å². The normalized spacial score (nSPS) is 26.1. The van der Waals surface area contributed by atoms with Crippen LogP contribution in [0.5, 0.6) is 0 Å². The van der Waals surface area contributed by atoms with Crippen molar-refractivity contribution in [2.75, 3.05) is 39.3 Å². The number of nitrogens with zero attached hydrogens (tertiary/aromatic N) is 2. The Labute approximate surface area is 104 Å². The van der Waals surface area contributed by atoms with E-state index in [1.54, 1.807) is 0 Å². The molecular weight excluding hydrogens is 214 g/mol. The number of amides is 1. The molecule has 17 heavy (non-hydrogen) atoms. The molecule has 4 heteroatoms. The quantitative estimate of drug-likeness (QED) is 0.693. The maximum absolute atomic E-state index is 11.7. The molecule has 0 aromatic carbocycles. The lowest BCUT2D eigenvalue weighted by atomic mass is 10.1. The summed E-state index contributed by atoms with van der Waals surface area (Å²) in [7, 11) is 0. The van der Waals surface area contributed by atoms with Gasteiger partial charge in [0.1, 0.15) is 0 Å². The lowest BCUT2D eigenvalue weighted by Gasteiger charge is -2.18. The van der Waals surface area contributed by atoms with Gasteiger partial charge in [-0.25, -0.2) is 0 Å². The van der Waals surface area contributed by atoms with E-state index in [4.69, 9.17) is 5.73 Å². The van der Waals surface area contributed by atoms with Crippen molar-refractivity contribution in [3.63, 3.8) is 0 Å². The summed E-state index contributed by atoms with van der Waals surface area (Å²) in [6.45, 7) is 6.23. The highest BCUT2D eigenvalue weighted by Crippen LogP contribution is 2.17. The lowest BCUT2D eigenvalue weighted by Crippen LogP contribution is -2.28. The van der Waals surface area contributed by atoms with Crippen LogP contribution in [0.4, 0.5) is 0 Å². The second kappa shape index (κ2) is 6.36. The lowest BCUT2D eigenvalue weighted by molar-refractivity contribution is -0.127. The minimum Gasteiger partial charge on any atom is -0.342 e. The average molecular weight is 239 g/mol. The van der Waals surface area contributed by atoms with Crippen LogP contribution in [0, 0.1) is 5.92 Å². The van der Waals surface area contributed by atoms with Crippen LogP contribution < -0.4 is 5.73 Å². The highest BCUT2D eigenvalue weighted by Gasteiger charge is 2.27. The molecule has 0 spiro atoms. The van der Waals surface area contributed by atoms with Crippen LogP contribution in [0.3, 0.4) is 0 Å². The van der Waals surface area contributed by atoms with Gasteiger partial charge >= 0.3 is 0 Å². The Morgan fingerprint density at radius 1 is 1.18 bits per heavy atom. The standard InChI is InChI=1S/C13H25N3O/c14-10-12-9-13(17)16(11-12)8-4-3-7-15-5-1-2-6-15/h12H,1-11,14H2. The molecule has 4 nitrogen and oxygen atoms in total. The van der Waals surface area contributed by atoms with Crippen LogP contribution in [0.15, 0.2) is 0 Å². The summed E-state index contributed by atoms with van der Waals surface area (Å²) in [4.78, 5) is 16.2. The summed E-state index contributed by atoms with van der Waals surface area (Å²) >= 11 is 0. The van der Waals surface area contributed by atoms with Crippen LogP contribution in [-0.4, -0.2) is 55.0 Å². The summed E-state index contributed by atoms with van der Waals surface area (Å²) in [5.74, 6) is 0.711. The molecule has 2 fully saturated rings. The molecule has 2 aliphatic rings. The first-order valence-corrected chi connectivity index (χ1v) is 7.00. The molecule has 0 saturated carbocycles. The van der Waals surface area contributed by atoms with E-state index >= 15 is 0 Å². The fourth-order valence-electron chi connectivity index (χ4n) is 2.87. The van der Waals surface area contributed by atoms with Crippen molar-refractivity contribution in [3.8, 4) is 0 Å². The number of carbonyl (C=O) groups is 1. The number of hydrogen-bond donors (Lipinski definition) is 1. The Bertz CT molecular complexity index is 251. The number of unbranched alkanes of at least 4 members (excludes halogenated alkanes) is 1. The first kappa shape index (κ1) is 12.8. The van der Waals surface area contributed by atoms with Gasteiger partial charge in [0.25, 0.3) is 0 Å². The van der Waals surface area contributed by atoms with E-state index in [9.17, 15) is 4.79 Å². The number of rotatable bonds is 6. The largest absolute Gasteiger partial charge is 0.342 e. The highest BCUT2D eigenvalue weighted by molar-refractivity contribution is 5.78. The monoisotopic (exact) mass is 239 g/mol. The van der Waals surface area contributed by atoms with Gasteiger partial charge in [0.05, 0.1) is 0 Å². The summed E-state index contributed by atoms with van der Waals surface area (Å²) in [6, 6.07) is 0. The number of likely N-dealkylation sites (tertiary alicyclic amines) is 2. The van der Waals surface area contributed by atoms with E-state index in [1.165, 1.54) is 38.9 Å². The molecule has 1 unspecified atom stereocenters. The first-order valence-electron chi connectivity index (χ1n) is 7.00. The zero-order valence-corrected chi connectivity index (χ0v) is 10.7. The van der Waals surface area contributed by atoms with Crippen LogP contribution in [0.25, 0.3) is 0 Å². The topological polar surface area (TPSA) is 49.6 Å². The molecule has 2 heterocycles. The highest BCUT2D eigenvalue weighted by atomic mass is 16.2. The SMILES string of the molecule is NCC1CC(=O)N(CCCCN2CCCC2)C1. The summed E-state index contributed by atoms with van der Waals surface area (Å²) < 4.78 is 0. The molecule has 2 aliphatic heterocycles. The smallest absolute Gasteiger partial charge is 0.222 e. The molecule has 2 rings (SSSR count). The van der Waals surface area contributed by atoms with Crippen molar-refractivity contribution in [2.24, 2.45) is 11.7 Å². The van der Waals surface area contributed by atoms with Gasteiger partial charge in [-0.3, -0.25) is 4.79 Å². The van der Waals surface area contributed by atoms with Crippen molar-refractivity contribution >= 4 is 5.91 Å².